The molecule has 36 heavy (non-hydrogen) atoms. The number of ether oxygens (including phenoxy) is 1. The molecule has 3 aromatic rings. The molecule has 0 bridgehead atoms. The van der Waals surface area contributed by atoms with Gasteiger partial charge in [-0.25, -0.2) is 0 Å². The van der Waals surface area contributed by atoms with Crippen LogP contribution >= 0.6 is 12.2 Å². The van der Waals surface area contributed by atoms with Crippen molar-refractivity contribution in [3.05, 3.63) is 78.4 Å². The van der Waals surface area contributed by atoms with E-state index in [2.05, 4.69) is 43.4 Å². The van der Waals surface area contributed by atoms with Crippen LogP contribution in [0.25, 0.3) is 0 Å². The van der Waals surface area contributed by atoms with E-state index in [-0.39, 0.29) is 18.0 Å². The number of amides is 1. The average molecular weight is 504 g/mol. The lowest BCUT2D eigenvalue weighted by molar-refractivity contribution is -0.116. The maximum atomic E-state index is 12.9. The molecule has 1 amide bonds. The number of pyridine rings is 1. The van der Waals surface area contributed by atoms with Crippen molar-refractivity contribution in [2.45, 2.75) is 56.7 Å². The van der Waals surface area contributed by atoms with Gasteiger partial charge in [0.2, 0.25) is 5.91 Å². The fourth-order valence-electron chi connectivity index (χ4n) is 5.50. The van der Waals surface area contributed by atoms with Gasteiger partial charge in [-0.2, -0.15) is 0 Å². The summed E-state index contributed by atoms with van der Waals surface area (Å²) in [6, 6.07) is 18.1. The van der Waals surface area contributed by atoms with Crippen molar-refractivity contribution in [3.63, 3.8) is 0 Å². The summed E-state index contributed by atoms with van der Waals surface area (Å²) in [7, 11) is 1.60. The van der Waals surface area contributed by atoms with Crippen LogP contribution in [0.1, 0.15) is 68.0 Å². The lowest BCUT2D eigenvalue weighted by Gasteiger charge is -2.32. The second-order valence-electron chi connectivity index (χ2n) is 9.45. The van der Waals surface area contributed by atoms with Crippen LogP contribution in [0.3, 0.4) is 0 Å². The summed E-state index contributed by atoms with van der Waals surface area (Å²) in [5, 5.41) is 7.14. The van der Waals surface area contributed by atoms with E-state index in [0.29, 0.717) is 35.6 Å². The Morgan fingerprint density at radius 1 is 1.11 bits per heavy atom. The van der Waals surface area contributed by atoms with Crippen LogP contribution < -0.4 is 15.4 Å². The van der Waals surface area contributed by atoms with Gasteiger partial charge in [0.15, 0.2) is 5.11 Å². The number of carbonyl (C=O) groups excluding carboxylic acids is 1. The van der Waals surface area contributed by atoms with Gasteiger partial charge >= 0.3 is 0 Å². The molecule has 8 heteroatoms. The van der Waals surface area contributed by atoms with E-state index >= 15 is 0 Å². The Labute approximate surface area is 217 Å². The largest absolute Gasteiger partial charge is 0.495 e. The number of hydrogen-bond donors (Lipinski definition) is 2. The summed E-state index contributed by atoms with van der Waals surface area (Å²) in [6.45, 7) is 0.497. The van der Waals surface area contributed by atoms with Crippen LogP contribution in [0.4, 0.5) is 5.69 Å². The molecule has 0 spiro atoms. The first-order valence-electron chi connectivity index (χ1n) is 12.7. The van der Waals surface area contributed by atoms with Crippen LogP contribution in [0.15, 0.2) is 67.0 Å². The van der Waals surface area contributed by atoms with Crippen molar-refractivity contribution in [2.75, 3.05) is 19.0 Å². The standard InChI is InChI=1S/C28H33N5O2S/c1-35-24-15-6-5-12-21(24)30-25(34)16-19-33-27(26(31-28(33)36)22-13-7-8-17-29-22)23-14-9-18-32(23)20-10-3-2-4-11-20/h5-9,12-15,17-18,20,26-27H,2-4,10-11,16,19H2,1H3,(H,30,34)(H,31,36). The molecule has 2 unspecified atom stereocenters. The third-order valence-electron chi connectivity index (χ3n) is 7.24. The number of para-hydroxylation sites is 2. The van der Waals surface area contributed by atoms with E-state index in [0.717, 1.165) is 5.69 Å². The number of nitrogens with one attached hydrogen (secondary N) is 2. The normalized spacial score (nSPS) is 20.2. The van der Waals surface area contributed by atoms with Gasteiger partial charge in [-0.1, -0.05) is 37.5 Å². The van der Waals surface area contributed by atoms with Gasteiger partial charge in [0, 0.05) is 37.1 Å². The zero-order valence-corrected chi connectivity index (χ0v) is 21.4. The summed E-state index contributed by atoms with van der Waals surface area (Å²) >= 11 is 5.82. The smallest absolute Gasteiger partial charge is 0.226 e. The van der Waals surface area contributed by atoms with Gasteiger partial charge in [0.1, 0.15) is 5.75 Å². The van der Waals surface area contributed by atoms with Crippen LogP contribution in [-0.2, 0) is 4.79 Å². The highest BCUT2D eigenvalue weighted by Crippen LogP contribution is 2.41. The second-order valence-corrected chi connectivity index (χ2v) is 9.84. The molecule has 1 aromatic carbocycles. The molecule has 1 aliphatic heterocycles. The van der Waals surface area contributed by atoms with E-state index in [4.69, 9.17) is 17.0 Å². The van der Waals surface area contributed by atoms with Crippen molar-refractivity contribution < 1.29 is 9.53 Å². The molecule has 0 radical (unpaired) electrons. The first-order valence-corrected chi connectivity index (χ1v) is 13.1. The van der Waals surface area contributed by atoms with Gasteiger partial charge in [-0.15, -0.1) is 0 Å². The van der Waals surface area contributed by atoms with E-state index in [1.54, 1.807) is 7.11 Å². The highest BCUT2D eigenvalue weighted by Gasteiger charge is 2.41. The molecule has 3 heterocycles. The number of aromatic nitrogens is 2. The highest BCUT2D eigenvalue weighted by molar-refractivity contribution is 7.80. The minimum absolute atomic E-state index is 0.0524. The number of methoxy groups -OCH3 is 1. The summed E-state index contributed by atoms with van der Waals surface area (Å²) < 4.78 is 7.82. The Balaban J connectivity index is 1.39. The Hall–Kier alpha value is -3.39. The minimum Gasteiger partial charge on any atom is -0.495 e. The van der Waals surface area contributed by atoms with Gasteiger partial charge in [0.25, 0.3) is 0 Å². The van der Waals surface area contributed by atoms with E-state index in [9.17, 15) is 4.79 Å². The predicted octanol–water partition coefficient (Wildman–Crippen LogP) is 5.40. The van der Waals surface area contributed by atoms with Crippen LogP contribution in [0.5, 0.6) is 5.75 Å². The number of carbonyl (C=O) groups is 1. The summed E-state index contributed by atoms with van der Waals surface area (Å²) in [4.78, 5) is 19.7. The molecular weight excluding hydrogens is 470 g/mol. The lowest BCUT2D eigenvalue weighted by Crippen LogP contribution is -2.34. The Morgan fingerprint density at radius 3 is 2.69 bits per heavy atom. The molecule has 2 aromatic heterocycles. The van der Waals surface area contributed by atoms with Crippen LogP contribution in [0, 0.1) is 0 Å². The van der Waals surface area contributed by atoms with Gasteiger partial charge in [-0.3, -0.25) is 9.78 Å². The first kappa shape index (κ1) is 24.3. The fraction of sp³-hybridized carbons (Fsp3) is 0.393. The molecule has 2 fully saturated rings. The molecule has 2 N–H and O–H groups in total. The lowest BCUT2D eigenvalue weighted by atomic mass is 9.94. The van der Waals surface area contributed by atoms with Crippen molar-refractivity contribution in [2.24, 2.45) is 0 Å². The minimum atomic E-state index is -0.0896. The maximum Gasteiger partial charge on any atom is 0.226 e. The summed E-state index contributed by atoms with van der Waals surface area (Å²) in [6.07, 6.45) is 10.6. The Morgan fingerprint density at radius 2 is 1.92 bits per heavy atom. The Kier molecular flexibility index (Phi) is 7.51. The van der Waals surface area contributed by atoms with Gasteiger partial charge < -0.3 is 24.8 Å². The zero-order valence-electron chi connectivity index (χ0n) is 20.6. The van der Waals surface area contributed by atoms with Crippen molar-refractivity contribution in [1.29, 1.82) is 0 Å². The maximum absolute atomic E-state index is 12.9. The molecule has 188 valence electrons. The van der Waals surface area contributed by atoms with E-state index < -0.39 is 0 Å². The highest BCUT2D eigenvalue weighted by atomic mass is 32.1. The van der Waals surface area contributed by atoms with Crippen LogP contribution in [0.2, 0.25) is 0 Å². The van der Waals surface area contributed by atoms with Gasteiger partial charge in [-0.05, 0) is 61.5 Å². The number of hydrogen-bond acceptors (Lipinski definition) is 4. The SMILES string of the molecule is COc1ccccc1NC(=O)CCN1C(=S)NC(c2ccccn2)C1c1cccn1C1CCCCC1. The van der Waals surface area contributed by atoms with Crippen molar-refractivity contribution in [1.82, 2.24) is 19.8 Å². The average Bonchev–Trinajstić information content (AvgIpc) is 3.53. The molecule has 7 nitrogen and oxygen atoms in total. The van der Waals surface area contributed by atoms with Crippen molar-refractivity contribution in [3.8, 4) is 5.75 Å². The number of thiocarbonyl (C=S) groups is 1. The third-order valence-corrected chi connectivity index (χ3v) is 7.59. The first-order chi connectivity index (χ1) is 17.7. The van der Waals surface area contributed by atoms with E-state index in [1.807, 2.05) is 48.7 Å². The quantitative estimate of drug-likeness (QED) is 0.401. The number of anilines is 1. The zero-order chi connectivity index (χ0) is 24.9. The second kappa shape index (κ2) is 11.1. The predicted molar refractivity (Wildman–Crippen MR) is 145 cm³/mol. The Bertz CT molecular complexity index is 1190. The molecule has 2 atom stereocenters. The number of benzene rings is 1. The molecule has 1 saturated heterocycles. The molecular formula is C28H33N5O2S. The number of rotatable bonds is 8. The van der Waals surface area contributed by atoms with Crippen LogP contribution in [-0.4, -0.2) is 39.1 Å². The molecule has 2 aliphatic rings. The fourth-order valence-corrected chi connectivity index (χ4v) is 5.83. The number of nitrogens with zero attached hydrogens (tertiary/aromatic N) is 3. The van der Waals surface area contributed by atoms with Crippen molar-refractivity contribution >= 4 is 28.9 Å². The summed E-state index contributed by atoms with van der Waals surface area (Å²) in [5.41, 5.74) is 2.83. The monoisotopic (exact) mass is 503 g/mol. The molecule has 1 saturated carbocycles. The third kappa shape index (κ3) is 5.09. The topological polar surface area (TPSA) is 71.4 Å². The molecule has 5 rings (SSSR count). The van der Waals surface area contributed by atoms with Gasteiger partial charge in [0.05, 0.1) is 30.6 Å². The summed E-state index contributed by atoms with van der Waals surface area (Å²) in [5.74, 6) is 0.563. The van der Waals surface area contributed by atoms with E-state index in [1.165, 1.54) is 37.8 Å². The molecule has 1 aliphatic carbocycles.